The molecule has 7 heteroatoms. The fraction of sp³-hybridized carbons (Fsp3) is 0.310. The summed E-state index contributed by atoms with van der Waals surface area (Å²) in [5, 5.41) is 4.49. The van der Waals surface area contributed by atoms with Crippen LogP contribution in [0.1, 0.15) is 36.8 Å². The number of thioether (sulfide) groups is 1. The highest BCUT2D eigenvalue weighted by Crippen LogP contribution is 2.24. The van der Waals surface area contributed by atoms with Gasteiger partial charge in [-0.3, -0.25) is 9.59 Å². The van der Waals surface area contributed by atoms with Crippen LogP contribution < -0.4 is 5.32 Å². The normalized spacial score (nSPS) is 14.4. The molecule has 4 rings (SSSR count). The number of nitrogens with zero attached hydrogens (tertiary/aromatic N) is 1. The lowest BCUT2D eigenvalue weighted by atomic mass is 10.0. The minimum absolute atomic E-state index is 0.0994. The van der Waals surface area contributed by atoms with E-state index < -0.39 is 6.04 Å². The molecule has 3 aromatic carbocycles. The van der Waals surface area contributed by atoms with Gasteiger partial charge in [-0.2, -0.15) is 0 Å². The number of hydrogen-bond acceptors (Lipinski definition) is 3. The molecule has 1 atom stereocenters. The summed E-state index contributed by atoms with van der Waals surface area (Å²) in [6.45, 7) is 0.302. The molecule has 3 aromatic rings. The van der Waals surface area contributed by atoms with Crippen molar-refractivity contribution in [3.8, 4) is 0 Å². The summed E-state index contributed by atoms with van der Waals surface area (Å²) >= 11 is 13.7. The zero-order chi connectivity index (χ0) is 25.3. The van der Waals surface area contributed by atoms with E-state index in [1.165, 1.54) is 11.8 Å². The van der Waals surface area contributed by atoms with Gasteiger partial charge in [-0.05, 0) is 60.4 Å². The maximum atomic E-state index is 13.7. The Bertz CT molecular complexity index is 1150. The molecule has 0 unspecified atom stereocenters. The van der Waals surface area contributed by atoms with Crippen LogP contribution in [0, 0.1) is 0 Å². The predicted molar refractivity (Wildman–Crippen MR) is 149 cm³/mol. The first-order valence-corrected chi connectivity index (χ1v) is 14.0. The lowest BCUT2D eigenvalue weighted by Gasteiger charge is -2.32. The molecule has 188 valence electrons. The van der Waals surface area contributed by atoms with Gasteiger partial charge in [-0.15, -0.1) is 11.8 Å². The van der Waals surface area contributed by atoms with Crippen LogP contribution in [0.25, 0.3) is 0 Å². The van der Waals surface area contributed by atoms with E-state index >= 15 is 0 Å². The SMILES string of the molecule is O=C(NC1CCCC1)[C@@H](Cc1ccccc1)N(Cc1cccc(Cl)c1)C(=O)CSc1ccc(Cl)cc1. The van der Waals surface area contributed by atoms with Crippen LogP contribution in [0.4, 0.5) is 0 Å². The molecule has 0 aliphatic heterocycles. The van der Waals surface area contributed by atoms with E-state index in [4.69, 9.17) is 23.2 Å². The topological polar surface area (TPSA) is 49.4 Å². The van der Waals surface area contributed by atoms with Crippen LogP contribution >= 0.6 is 35.0 Å². The quantitative estimate of drug-likeness (QED) is 0.288. The van der Waals surface area contributed by atoms with Crippen molar-refractivity contribution in [1.29, 1.82) is 0 Å². The van der Waals surface area contributed by atoms with Crippen molar-refractivity contribution in [1.82, 2.24) is 10.2 Å². The summed E-state index contributed by atoms with van der Waals surface area (Å²) in [6, 6.07) is 24.3. The third-order valence-electron chi connectivity index (χ3n) is 6.39. The highest BCUT2D eigenvalue weighted by molar-refractivity contribution is 8.00. The van der Waals surface area contributed by atoms with Crippen molar-refractivity contribution < 1.29 is 9.59 Å². The number of carbonyl (C=O) groups excluding carboxylic acids is 2. The minimum Gasteiger partial charge on any atom is -0.352 e. The zero-order valence-corrected chi connectivity index (χ0v) is 22.4. The molecule has 2 amide bonds. The zero-order valence-electron chi connectivity index (χ0n) is 20.0. The highest BCUT2D eigenvalue weighted by atomic mass is 35.5. The van der Waals surface area contributed by atoms with Gasteiger partial charge < -0.3 is 10.2 Å². The molecule has 0 aromatic heterocycles. The Morgan fingerprint density at radius 1 is 0.889 bits per heavy atom. The van der Waals surface area contributed by atoms with Gasteiger partial charge in [-0.25, -0.2) is 0 Å². The van der Waals surface area contributed by atoms with Gasteiger partial charge in [0.2, 0.25) is 11.8 Å². The van der Waals surface area contributed by atoms with Gasteiger partial charge in [-0.1, -0.05) is 78.5 Å². The van der Waals surface area contributed by atoms with Crippen LogP contribution in [-0.2, 0) is 22.6 Å². The van der Waals surface area contributed by atoms with Crippen molar-refractivity contribution in [2.75, 3.05) is 5.75 Å². The number of benzene rings is 3. The second-order valence-electron chi connectivity index (χ2n) is 9.09. The number of halogens is 2. The molecule has 1 fully saturated rings. The lowest BCUT2D eigenvalue weighted by Crippen LogP contribution is -2.52. The Kier molecular flexibility index (Phi) is 9.74. The molecule has 0 saturated heterocycles. The summed E-state index contributed by atoms with van der Waals surface area (Å²) in [5.74, 6) is 0.0135. The van der Waals surface area contributed by atoms with Gasteiger partial charge in [0.25, 0.3) is 0 Å². The maximum Gasteiger partial charge on any atom is 0.243 e. The Labute approximate surface area is 227 Å². The third kappa shape index (κ3) is 7.76. The molecule has 0 spiro atoms. The summed E-state index contributed by atoms with van der Waals surface area (Å²) in [5.41, 5.74) is 1.90. The van der Waals surface area contributed by atoms with Gasteiger partial charge in [0.1, 0.15) is 6.04 Å². The second kappa shape index (κ2) is 13.2. The average molecular weight is 542 g/mol. The number of amides is 2. The molecule has 1 aliphatic carbocycles. The molecule has 1 aliphatic rings. The second-order valence-corrected chi connectivity index (χ2v) is 11.0. The number of nitrogens with one attached hydrogen (secondary N) is 1. The largest absolute Gasteiger partial charge is 0.352 e. The molecule has 4 nitrogen and oxygen atoms in total. The summed E-state index contributed by atoms with van der Waals surface area (Å²) < 4.78 is 0. The number of hydrogen-bond donors (Lipinski definition) is 1. The smallest absolute Gasteiger partial charge is 0.243 e. The van der Waals surface area contributed by atoms with E-state index in [0.29, 0.717) is 23.0 Å². The van der Waals surface area contributed by atoms with E-state index in [9.17, 15) is 9.59 Å². The van der Waals surface area contributed by atoms with Crippen LogP contribution in [0.2, 0.25) is 10.0 Å². The standard InChI is InChI=1S/C29H30Cl2N2O2S/c30-23-13-15-26(16-14-23)36-20-28(34)33(19-22-9-6-10-24(31)17-22)27(18-21-7-2-1-3-8-21)29(35)32-25-11-4-5-12-25/h1-3,6-10,13-17,25,27H,4-5,11-12,18-20H2,(H,32,35)/t27-/m1/s1. The van der Waals surface area contributed by atoms with Crippen molar-refractivity contribution in [3.63, 3.8) is 0 Å². The first-order valence-electron chi connectivity index (χ1n) is 12.2. The van der Waals surface area contributed by atoms with Crippen molar-refractivity contribution in [2.45, 2.75) is 55.6 Å². The van der Waals surface area contributed by atoms with E-state index in [2.05, 4.69) is 5.32 Å². The summed E-state index contributed by atoms with van der Waals surface area (Å²) in [6.07, 6.45) is 4.66. The molecule has 0 bridgehead atoms. The first-order chi connectivity index (χ1) is 17.5. The molecular formula is C29H30Cl2N2O2S. The fourth-order valence-electron chi connectivity index (χ4n) is 4.51. The van der Waals surface area contributed by atoms with E-state index in [-0.39, 0.29) is 23.6 Å². The fourth-order valence-corrected chi connectivity index (χ4v) is 5.64. The van der Waals surface area contributed by atoms with Crippen molar-refractivity contribution >= 4 is 46.8 Å². The van der Waals surface area contributed by atoms with Crippen LogP contribution in [0.15, 0.2) is 83.8 Å². The molecular weight excluding hydrogens is 511 g/mol. The molecule has 0 heterocycles. The number of carbonyl (C=O) groups is 2. The Balaban J connectivity index is 1.60. The lowest BCUT2D eigenvalue weighted by molar-refractivity contribution is -0.139. The van der Waals surface area contributed by atoms with Crippen molar-refractivity contribution in [2.24, 2.45) is 0 Å². The Hall–Kier alpha value is -2.47. The third-order valence-corrected chi connectivity index (χ3v) is 7.87. The van der Waals surface area contributed by atoms with Gasteiger partial charge in [0.15, 0.2) is 0 Å². The molecule has 0 radical (unpaired) electrons. The van der Waals surface area contributed by atoms with Gasteiger partial charge in [0, 0.05) is 33.9 Å². The van der Waals surface area contributed by atoms with E-state index in [1.807, 2.05) is 78.9 Å². The minimum atomic E-state index is -0.634. The molecule has 36 heavy (non-hydrogen) atoms. The molecule has 1 N–H and O–H groups in total. The maximum absolute atomic E-state index is 13.7. The summed E-state index contributed by atoms with van der Waals surface area (Å²) in [4.78, 5) is 30.0. The number of rotatable bonds is 10. The first kappa shape index (κ1) is 26.6. The van der Waals surface area contributed by atoms with Crippen LogP contribution in [0.5, 0.6) is 0 Å². The van der Waals surface area contributed by atoms with Crippen molar-refractivity contribution in [3.05, 3.63) is 100 Å². The van der Waals surface area contributed by atoms with E-state index in [1.54, 1.807) is 4.90 Å². The van der Waals surface area contributed by atoms with Gasteiger partial charge >= 0.3 is 0 Å². The Morgan fingerprint density at radius 2 is 1.58 bits per heavy atom. The van der Waals surface area contributed by atoms with Crippen LogP contribution in [0.3, 0.4) is 0 Å². The summed E-state index contributed by atoms with van der Waals surface area (Å²) in [7, 11) is 0. The Morgan fingerprint density at radius 3 is 2.28 bits per heavy atom. The molecule has 1 saturated carbocycles. The van der Waals surface area contributed by atoms with E-state index in [0.717, 1.165) is 41.7 Å². The van der Waals surface area contributed by atoms with Crippen LogP contribution in [-0.4, -0.2) is 34.6 Å². The predicted octanol–water partition coefficient (Wildman–Crippen LogP) is 6.78. The monoisotopic (exact) mass is 540 g/mol. The highest BCUT2D eigenvalue weighted by Gasteiger charge is 2.32. The average Bonchev–Trinajstić information content (AvgIpc) is 3.39. The van der Waals surface area contributed by atoms with Gasteiger partial charge in [0.05, 0.1) is 5.75 Å².